The smallest absolute Gasteiger partial charge is 0.398 e. The van der Waals surface area contributed by atoms with E-state index in [4.69, 9.17) is 17.3 Å². The van der Waals surface area contributed by atoms with Gasteiger partial charge in [-0.05, 0) is 18.6 Å². The molecule has 0 aliphatic heterocycles. The monoisotopic (exact) mass is 309 g/mol. The summed E-state index contributed by atoms with van der Waals surface area (Å²) < 4.78 is 88.9. The summed E-state index contributed by atoms with van der Waals surface area (Å²) in [5.74, 6) is 0. The molecule has 0 aromatic heterocycles. The number of anilines is 1. The summed E-state index contributed by atoms with van der Waals surface area (Å²) in [6.07, 6.45) is -12.3. The van der Waals surface area contributed by atoms with E-state index in [2.05, 4.69) is 0 Å². The van der Waals surface area contributed by atoms with Crippen molar-refractivity contribution >= 4 is 17.3 Å². The van der Waals surface area contributed by atoms with Crippen LogP contribution in [0.4, 0.5) is 36.4 Å². The van der Waals surface area contributed by atoms with Gasteiger partial charge in [0.2, 0.25) is 0 Å². The molecule has 1 nitrogen and oxygen atoms in total. The predicted octanol–water partition coefficient (Wildman–Crippen LogP) is 4.52. The Hall–Kier alpha value is -1.18. The summed E-state index contributed by atoms with van der Waals surface area (Å²) in [6.45, 7) is 0.833. The summed E-state index contributed by atoms with van der Waals surface area (Å²) in [5.41, 5.74) is -2.83. The fourth-order valence-corrected chi connectivity index (χ4v) is 1.71. The number of benzene rings is 1. The van der Waals surface area contributed by atoms with E-state index in [1.807, 2.05) is 0 Å². The molecular formula is C10H7ClF7N. The van der Waals surface area contributed by atoms with Gasteiger partial charge in [0.05, 0.1) is 10.7 Å². The minimum absolute atomic E-state index is 0.241. The number of hydrogen-bond donors (Lipinski definition) is 1. The van der Waals surface area contributed by atoms with Crippen LogP contribution in [0.2, 0.25) is 5.02 Å². The van der Waals surface area contributed by atoms with E-state index in [0.717, 1.165) is 6.92 Å². The lowest BCUT2D eigenvalue weighted by Gasteiger charge is -2.31. The SMILES string of the molecule is Cc1c(C(F)(C(F)(F)F)C(F)(F)F)ccc(N)c1Cl. The van der Waals surface area contributed by atoms with E-state index in [0.29, 0.717) is 12.1 Å². The number of hydrogen-bond acceptors (Lipinski definition) is 1. The Kier molecular flexibility index (Phi) is 3.70. The third kappa shape index (κ3) is 2.33. The molecule has 0 amide bonds. The first kappa shape index (κ1) is 15.9. The molecule has 19 heavy (non-hydrogen) atoms. The van der Waals surface area contributed by atoms with E-state index in [1.54, 1.807) is 0 Å². The quantitative estimate of drug-likeness (QED) is 0.599. The molecule has 108 valence electrons. The molecule has 0 aliphatic rings. The highest BCUT2D eigenvalue weighted by molar-refractivity contribution is 6.33. The second-order valence-corrected chi connectivity index (χ2v) is 4.17. The largest absolute Gasteiger partial charge is 0.435 e. The fourth-order valence-electron chi connectivity index (χ4n) is 1.55. The van der Waals surface area contributed by atoms with Gasteiger partial charge in [-0.25, -0.2) is 4.39 Å². The topological polar surface area (TPSA) is 26.0 Å². The Morgan fingerprint density at radius 1 is 0.947 bits per heavy atom. The van der Waals surface area contributed by atoms with Crippen LogP contribution in [0.1, 0.15) is 11.1 Å². The minimum atomic E-state index is -6.17. The Bertz CT molecular complexity index is 478. The molecule has 0 aliphatic carbocycles. The minimum Gasteiger partial charge on any atom is -0.398 e. The number of alkyl halides is 7. The van der Waals surface area contributed by atoms with Crippen LogP contribution in [-0.4, -0.2) is 12.4 Å². The van der Waals surface area contributed by atoms with Crippen LogP contribution in [-0.2, 0) is 5.67 Å². The molecule has 0 bridgehead atoms. The molecule has 0 fully saturated rings. The van der Waals surface area contributed by atoms with Crippen LogP contribution >= 0.6 is 11.6 Å². The Labute approximate surface area is 108 Å². The zero-order valence-electron chi connectivity index (χ0n) is 9.26. The Morgan fingerprint density at radius 3 is 1.74 bits per heavy atom. The molecule has 1 aromatic carbocycles. The van der Waals surface area contributed by atoms with Gasteiger partial charge in [-0.3, -0.25) is 0 Å². The Morgan fingerprint density at radius 2 is 1.37 bits per heavy atom. The normalized spacial score (nSPS) is 13.7. The number of rotatable bonds is 1. The molecule has 0 spiro atoms. The van der Waals surface area contributed by atoms with Gasteiger partial charge in [0, 0.05) is 5.56 Å². The first-order chi connectivity index (χ1) is 8.34. The molecular weight excluding hydrogens is 303 g/mol. The first-order valence-electron chi connectivity index (χ1n) is 4.71. The molecule has 0 radical (unpaired) electrons. The molecule has 0 saturated carbocycles. The zero-order chi connectivity index (χ0) is 15.2. The van der Waals surface area contributed by atoms with Gasteiger partial charge in [-0.15, -0.1) is 0 Å². The standard InChI is InChI=1S/C10H7ClF7N/c1-4-5(2-3-6(19)7(4)11)8(12,9(13,14)15)10(16,17)18/h2-3H,19H2,1H3. The van der Waals surface area contributed by atoms with Gasteiger partial charge in [0.1, 0.15) is 0 Å². The van der Waals surface area contributed by atoms with Gasteiger partial charge in [-0.2, -0.15) is 26.3 Å². The van der Waals surface area contributed by atoms with Crippen LogP contribution in [0, 0.1) is 6.92 Å². The van der Waals surface area contributed by atoms with E-state index in [-0.39, 0.29) is 5.69 Å². The maximum absolute atomic E-state index is 13.8. The second kappa shape index (κ2) is 4.43. The van der Waals surface area contributed by atoms with Gasteiger partial charge in [0.25, 0.3) is 0 Å². The Balaban J connectivity index is 3.67. The van der Waals surface area contributed by atoms with Gasteiger partial charge in [-0.1, -0.05) is 17.7 Å². The summed E-state index contributed by atoms with van der Waals surface area (Å²) in [6, 6.07) is 1.02. The van der Waals surface area contributed by atoms with E-state index in [1.165, 1.54) is 0 Å². The average Bonchev–Trinajstić information content (AvgIpc) is 2.22. The lowest BCUT2D eigenvalue weighted by atomic mass is 9.90. The molecule has 0 heterocycles. The van der Waals surface area contributed by atoms with Crippen LogP contribution in [0.25, 0.3) is 0 Å². The fraction of sp³-hybridized carbons (Fsp3) is 0.400. The highest BCUT2D eigenvalue weighted by atomic mass is 35.5. The van der Waals surface area contributed by atoms with Crippen molar-refractivity contribution in [3.8, 4) is 0 Å². The van der Waals surface area contributed by atoms with Gasteiger partial charge < -0.3 is 5.73 Å². The molecule has 1 aromatic rings. The summed E-state index contributed by atoms with van der Waals surface area (Å²) in [5, 5.41) is -0.548. The van der Waals surface area contributed by atoms with E-state index >= 15 is 0 Å². The number of halogens is 8. The van der Waals surface area contributed by atoms with Crippen molar-refractivity contribution in [2.75, 3.05) is 5.73 Å². The molecule has 9 heteroatoms. The van der Waals surface area contributed by atoms with Crippen LogP contribution in [0.15, 0.2) is 12.1 Å². The van der Waals surface area contributed by atoms with Crippen molar-refractivity contribution in [2.24, 2.45) is 0 Å². The van der Waals surface area contributed by atoms with Crippen molar-refractivity contribution in [3.63, 3.8) is 0 Å². The lowest BCUT2D eigenvalue weighted by molar-refractivity contribution is -0.348. The third-order valence-electron chi connectivity index (χ3n) is 2.57. The predicted molar refractivity (Wildman–Crippen MR) is 55.5 cm³/mol. The maximum Gasteiger partial charge on any atom is 0.435 e. The third-order valence-corrected chi connectivity index (χ3v) is 3.07. The summed E-state index contributed by atoms with van der Waals surface area (Å²) >= 11 is 5.46. The molecule has 0 saturated heterocycles. The van der Waals surface area contributed by atoms with Crippen LogP contribution in [0.5, 0.6) is 0 Å². The van der Waals surface area contributed by atoms with Crippen LogP contribution < -0.4 is 5.73 Å². The van der Waals surface area contributed by atoms with Gasteiger partial charge in [0.15, 0.2) is 0 Å². The highest BCUT2D eigenvalue weighted by Gasteiger charge is 2.74. The number of nitrogen functional groups attached to an aromatic ring is 1. The van der Waals surface area contributed by atoms with Crippen molar-refractivity contribution in [1.82, 2.24) is 0 Å². The second-order valence-electron chi connectivity index (χ2n) is 3.80. The lowest BCUT2D eigenvalue weighted by Crippen LogP contribution is -2.50. The van der Waals surface area contributed by atoms with Crippen LogP contribution in [0.3, 0.4) is 0 Å². The molecule has 1 rings (SSSR count). The average molecular weight is 310 g/mol. The first-order valence-corrected chi connectivity index (χ1v) is 5.09. The van der Waals surface area contributed by atoms with E-state index in [9.17, 15) is 30.7 Å². The number of nitrogens with two attached hydrogens (primary N) is 1. The maximum atomic E-state index is 13.8. The van der Waals surface area contributed by atoms with Crippen molar-refractivity contribution in [1.29, 1.82) is 0 Å². The summed E-state index contributed by atoms with van der Waals surface area (Å²) in [7, 11) is 0. The van der Waals surface area contributed by atoms with E-state index < -0.39 is 34.2 Å². The molecule has 0 unspecified atom stereocenters. The molecule has 0 atom stereocenters. The summed E-state index contributed by atoms with van der Waals surface area (Å²) in [4.78, 5) is 0. The molecule has 2 N–H and O–H groups in total. The van der Waals surface area contributed by atoms with Crippen molar-refractivity contribution < 1.29 is 30.7 Å². The van der Waals surface area contributed by atoms with Crippen molar-refractivity contribution in [2.45, 2.75) is 24.9 Å². The highest BCUT2D eigenvalue weighted by Crippen LogP contribution is 2.54. The van der Waals surface area contributed by atoms with Crippen molar-refractivity contribution in [3.05, 3.63) is 28.3 Å². The van der Waals surface area contributed by atoms with Gasteiger partial charge >= 0.3 is 18.0 Å². The zero-order valence-corrected chi connectivity index (χ0v) is 10.0.